The Kier molecular flexibility index (Phi) is 5.97. The van der Waals surface area contributed by atoms with Gasteiger partial charge in [0.2, 0.25) is 10.0 Å². The number of anilines is 1. The summed E-state index contributed by atoms with van der Waals surface area (Å²) in [5.41, 5.74) is 2.19. The Balaban J connectivity index is 1.85. The maximum absolute atomic E-state index is 13.6. The van der Waals surface area contributed by atoms with Gasteiger partial charge < -0.3 is 4.74 Å². The Hall–Kier alpha value is -2.89. The van der Waals surface area contributed by atoms with Crippen LogP contribution in [-0.4, -0.2) is 50.2 Å². The van der Waals surface area contributed by atoms with Gasteiger partial charge in [0, 0.05) is 24.7 Å². The minimum absolute atomic E-state index is 0.0153. The zero-order valence-corrected chi connectivity index (χ0v) is 15.4. The Morgan fingerprint density at radius 3 is 2.61 bits per heavy atom. The zero-order valence-electron chi connectivity index (χ0n) is 14.6. The fourth-order valence-electron chi connectivity index (χ4n) is 2.60. The molecule has 11 heteroatoms. The van der Waals surface area contributed by atoms with E-state index in [0.717, 1.165) is 6.07 Å². The number of morpholine rings is 1. The number of halogens is 1. The van der Waals surface area contributed by atoms with Crippen molar-refractivity contribution in [3.63, 3.8) is 0 Å². The van der Waals surface area contributed by atoms with Crippen molar-refractivity contribution >= 4 is 27.6 Å². The van der Waals surface area contributed by atoms with Gasteiger partial charge in [0.05, 0.1) is 29.2 Å². The van der Waals surface area contributed by atoms with Gasteiger partial charge in [-0.1, -0.05) is 18.2 Å². The smallest absolute Gasteiger partial charge is 0.295 e. The fourth-order valence-corrected chi connectivity index (χ4v) is 4.03. The second kappa shape index (κ2) is 8.42. The number of nitro benzene ring substituents is 1. The first kappa shape index (κ1) is 19.9. The van der Waals surface area contributed by atoms with Gasteiger partial charge in [-0.25, -0.2) is 12.8 Å². The van der Waals surface area contributed by atoms with Gasteiger partial charge in [-0.3, -0.25) is 15.5 Å². The second-order valence-electron chi connectivity index (χ2n) is 5.84. The van der Waals surface area contributed by atoms with Crippen molar-refractivity contribution in [3.8, 4) is 0 Å². The molecule has 0 atom stereocenters. The van der Waals surface area contributed by atoms with Crippen molar-refractivity contribution in [2.45, 2.75) is 4.90 Å². The molecule has 9 nitrogen and oxygen atoms in total. The first-order chi connectivity index (χ1) is 13.4. The fraction of sp³-hybridized carbons (Fsp3) is 0.235. The number of hydrogen-bond donors (Lipinski definition) is 1. The molecule has 0 spiro atoms. The van der Waals surface area contributed by atoms with Crippen molar-refractivity contribution < 1.29 is 22.5 Å². The van der Waals surface area contributed by atoms with Crippen molar-refractivity contribution in [1.29, 1.82) is 0 Å². The third kappa shape index (κ3) is 4.32. The molecule has 0 amide bonds. The molecule has 1 aliphatic heterocycles. The average molecular weight is 408 g/mol. The number of ether oxygens (including phenoxy) is 1. The van der Waals surface area contributed by atoms with E-state index in [1.54, 1.807) is 6.07 Å². The van der Waals surface area contributed by atoms with Crippen LogP contribution >= 0.6 is 0 Å². The van der Waals surface area contributed by atoms with Crippen LogP contribution in [0, 0.1) is 15.9 Å². The largest absolute Gasteiger partial charge is 0.379 e. The summed E-state index contributed by atoms with van der Waals surface area (Å²) < 4.78 is 45.3. The molecular formula is C17H17FN4O5S. The summed E-state index contributed by atoms with van der Waals surface area (Å²) in [7, 11) is -3.87. The highest BCUT2D eigenvalue weighted by Crippen LogP contribution is 2.29. The Bertz CT molecular complexity index is 1010. The highest BCUT2D eigenvalue weighted by molar-refractivity contribution is 7.89. The van der Waals surface area contributed by atoms with Gasteiger partial charge in [-0.05, 0) is 18.2 Å². The van der Waals surface area contributed by atoms with E-state index in [4.69, 9.17) is 4.74 Å². The lowest BCUT2D eigenvalue weighted by Crippen LogP contribution is -2.40. The monoisotopic (exact) mass is 408 g/mol. The van der Waals surface area contributed by atoms with Crippen molar-refractivity contribution in [2.75, 3.05) is 31.7 Å². The number of nitro groups is 1. The predicted molar refractivity (Wildman–Crippen MR) is 100 cm³/mol. The molecular weight excluding hydrogens is 391 g/mol. The molecule has 2 aromatic rings. The van der Waals surface area contributed by atoms with Crippen LogP contribution < -0.4 is 5.43 Å². The molecule has 148 valence electrons. The zero-order chi connectivity index (χ0) is 20.1. The third-order valence-corrected chi connectivity index (χ3v) is 5.96. The number of rotatable bonds is 6. The topological polar surface area (TPSA) is 114 Å². The summed E-state index contributed by atoms with van der Waals surface area (Å²) in [6, 6.07) is 9.40. The SMILES string of the molecule is O=[N+]([O-])c1cc(S(=O)(=O)N2CCOCC2)ccc1NN=Cc1ccccc1F. The van der Waals surface area contributed by atoms with Gasteiger partial charge in [0.25, 0.3) is 5.69 Å². The standard InChI is InChI=1S/C17H17FN4O5S/c18-15-4-2-1-3-13(15)12-19-20-16-6-5-14(11-17(16)22(23)24)28(25,26)21-7-9-27-10-8-21/h1-6,11-12,20H,7-10H2. The van der Waals surface area contributed by atoms with Crippen molar-refractivity contribution in [1.82, 2.24) is 4.31 Å². The maximum Gasteiger partial charge on any atom is 0.295 e. The van der Waals surface area contributed by atoms with E-state index in [-0.39, 0.29) is 42.4 Å². The first-order valence-electron chi connectivity index (χ1n) is 8.29. The van der Waals surface area contributed by atoms with E-state index in [1.165, 1.54) is 40.9 Å². The average Bonchev–Trinajstić information content (AvgIpc) is 2.70. The van der Waals surface area contributed by atoms with Crippen LogP contribution in [-0.2, 0) is 14.8 Å². The molecule has 0 aliphatic carbocycles. The number of hydrogen-bond acceptors (Lipinski definition) is 7. The molecule has 1 heterocycles. The van der Waals surface area contributed by atoms with Crippen LogP contribution in [0.1, 0.15) is 5.56 Å². The lowest BCUT2D eigenvalue weighted by molar-refractivity contribution is -0.384. The third-order valence-electron chi connectivity index (χ3n) is 4.07. The molecule has 0 saturated carbocycles. The Labute approximate surface area is 160 Å². The lowest BCUT2D eigenvalue weighted by Gasteiger charge is -2.26. The minimum atomic E-state index is -3.87. The van der Waals surface area contributed by atoms with Crippen molar-refractivity contribution in [2.24, 2.45) is 5.10 Å². The summed E-state index contributed by atoms with van der Waals surface area (Å²) in [6.45, 7) is 0.906. The second-order valence-corrected chi connectivity index (χ2v) is 7.78. The van der Waals surface area contributed by atoms with Gasteiger partial charge >= 0.3 is 0 Å². The van der Waals surface area contributed by atoms with Crippen LogP contribution in [0.5, 0.6) is 0 Å². The maximum atomic E-state index is 13.6. The molecule has 2 aromatic carbocycles. The number of benzene rings is 2. The summed E-state index contributed by atoms with van der Waals surface area (Å²) >= 11 is 0. The molecule has 3 rings (SSSR count). The molecule has 0 unspecified atom stereocenters. The molecule has 28 heavy (non-hydrogen) atoms. The molecule has 1 aliphatic rings. The highest BCUT2D eigenvalue weighted by Gasteiger charge is 2.28. The van der Waals surface area contributed by atoms with Crippen LogP contribution in [0.3, 0.4) is 0 Å². The van der Waals surface area contributed by atoms with Crippen LogP contribution in [0.25, 0.3) is 0 Å². The quantitative estimate of drug-likeness (QED) is 0.445. The van der Waals surface area contributed by atoms with E-state index in [1.807, 2.05) is 0 Å². The number of sulfonamides is 1. The molecule has 1 N–H and O–H groups in total. The van der Waals surface area contributed by atoms with E-state index < -0.39 is 26.5 Å². The summed E-state index contributed by atoms with van der Waals surface area (Å²) in [6.07, 6.45) is 1.18. The van der Waals surface area contributed by atoms with Gasteiger partial charge in [0.15, 0.2) is 0 Å². The molecule has 0 aromatic heterocycles. The van der Waals surface area contributed by atoms with E-state index in [0.29, 0.717) is 0 Å². The Morgan fingerprint density at radius 2 is 1.93 bits per heavy atom. The van der Waals surface area contributed by atoms with Crippen LogP contribution in [0.4, 0.5) is 15.8 Å². The van der Waals surface area contributed by atoms with Crippen LogP contribution in [0.2, 0.25) is 0 Å². The molecule has 1 saturated heterocycles. The van der Waals surface area contributed by atoms with Crippen molar-refractivity contribution in [3.05, 3.63) is 64.0 Å². The number of nitrogens with zero attached hydrogens (tertiary/aromatic N) is 3. The van der Waals surface area contributed by atoms with Gasteiger partial charge in [-0.2, -0.15) is 9.41 Å². The summed E-state index contributed by atoms with van der Waals surface area (Å²) in [5, 5.41) is 15.2. The normalized spacial score (nSPS) is 15.6. The van der Waals surface area contributed by atoms with E-state index in [2.05, 4.69) is 10.5 Å². The Morgan fingerprint density at radius 1 is 1.21 bits per heavy atom. The molecule has 0 radical (unpaired) electrons. The number of nitrogens with one attached hydrogen (secondary N) is 1. The molecule has 0 bridgehead atoms. The summed E-state index contributed by atoms with van der Waals surface area (Å²) in [5.74, 6) is -0.491. The lowest BCUT2D eigenvalue weighted by atomic mass is 10.2. The minimum Gasteiger partial charge on any atom is -0.379 e. The van der Waals surface area contributed by atoms with E-state index in [9.17, 15) is 22.9 Å². The predicted octanol–water partition coefficient (Wildman–Crippen LogP) is 2.20. The highest BCUT2D eigenvalue weighted by atomic mass is 32.2. The summed E-state index contributed by atoms with van der Waals surface area (Å²) in [4.78, 5) is 10.5. The van der Waals surface area contributed by atoms with Crippen LogP contribution in [0.15, 0.2) is 52.5 Å². The van der Waals surface area contributed by atoms with Gasteiger partial charge in [0.1, 0.15) is 11.5 Å². The first-order valence-corrected chi connectivity index (χ1v) is 9.73. The molecule has 1 fully saturated rings. The number of hydrazone groups is 1. The van der Waals surface area contributed by atoms with E-state index >= 15 is 0 Å². The van der Waals surface area contributed by atoms with Gasteiger partial charge in [-0.15, -0.1) is 0 Å².